The van der Waals surface area contributed by atoms with Crippen molar-refractivity contribution >= 4 is 103 Å². The molecule has 4 aromatic carbocycles. The standard InChI is InChI=1S/C33H16N8.4CH3Cl/c1-2-10-18-17(9-1)25-34-27-19-11-3-4-12-20(19)29-36-31-23-15-7-8-16-24(23)32-37-30-22-14-6-5-13-21(22)28-35-26(18)38(25)33(39(27)29,40(28)30)41(31)32;4*1-2/h1-16H;4*1H3/q+2;;;;. The summed E-state index contributed by atoms with van der Waals surface area (Å²) in [6.07, 6.45) is 5.89. The highest BCUT2D eigenvalue weighted by Gasteiger charge is 2.69. The van der Waals surface area contributed by atoms with Crippen molar-refractivity contribution in [2.45, 2.75) is 5.91 Å². The van der Waals surface area contributed by atoms with E-state index >= 15 is 0 Å². The van der Waals surface area contributed by atoms with Gasteiger partial charge in [0, 0.05) is 47.1 Å². The molecular weight excluding hydrogens is 698 g/mol. The second kappa shape index (κ2) is 11.8. The minimum Gasteiger partial charge on any atom is -0.192 e. The third-order valence-corrected chi connectivity index (χ3v) is 9.38. The van der Waals surface area contributed by atoms with E-state index in [1.165, 1.54) is 25.5 Å². The Bertz CT molecular complexity index is 2490. The molecule has 0 bridgehead atoms. The molecular formula is C37H28Cl4N8+2. The van der Waals surface area contributed by atoms with E-state index in [2.05, 4.69) is 162 Å². The van der Waals surface area contributed by atoms with Gasteiger partial charge in [-0.1, -0.05) is 68.5 Å². The molecule has 2 aromatic heterocycles. The fraction of sp³-hybridized carbons (Fsp3) is 0.135. The first kappa shape index (κ1) is 31.7. The van der Waals surface area contributed by atoms with Crippen LogP contribution in [-0.4, -0.2) is 67.2 Å². The predicted octanol–water partition coefficient (Wildman–Crippen LogP) is 7.13. The van der Waals surface area contributed by atoms with E-state index in [0.717, 1.165) is 89.8 Å². The van der Waals surface area contributed by atoms with E-state index in [-0.39, 0.29) is 0 Å². The number of hydrogen-bond donors (Lipinski definition) is 0. The molecule has 12 rings (SSSR count). The van der Waals surface area contributed by atoms with E-state index in [0.29, 0.717) is 0 Å². The van der Waals surface area contributed by atoms with Gasteiger partial charge in [0.2, 0.25) is 22.6 Å². The Morgan fingerprint density at radius 3 is 1.18 bits per heavy atom. The van der Waals surface area contributed by atoms with Gasteiger partial charge in [-0.2, -0.15) is 9.13 Å². The quantitative estimate of drug-likeness (QED) is 0.118. The van der Waals surface area contributed by atoms with Crippen molar-refractivity contribution in [1.82, 2.24) is 9.13 Å². The molecule has 12 heteroatoms. The summed E-state index contributed by atoms with van der Waals surface area (Å²) in [7, 11) is 0. The van der Waals surface area contributed by atoms with Crippen molar-refractivity contribution in [2.75, 3.05) is 25.5 Å². The molecule has 0 radical (unpaired) electrons. The van der Waals surface area contributed by atoms with E-state index < -0.39 is 5.91 Å². The van der Waals surface area contributed by atoms with Gasteiger partial charge < -0.3 is 0 Å². The van der Waals surface area contributed by atoms with E-state index in [9.17, 15) is 0 Å². The fourth-order valence-electron chi connectivity index (χ4n) is 7.88. The summed E-state index contributed by atoms with van der Waals surface area (Å²) in [5.41, 5.74) is 6.13. The Hall–Kier alpha value is -4.60. The van der Waals surface area contributed by atoms with Crippen LogP contribution in [0.4, 0.5) is 11.6 Å². The van der Waals surface area contributed by atoms with Crippen LogP contribution in [0.1, 0.15) is 22.3 Å². The van der Waals surface area contributed by atoms with E-state index in [1.807, 2.05) is 0 Å². The lowest BCUT2D eigenvalue weighted by Gasteiger charge is -2.40. The first-order valence-corrected chi connectivity index (χ1v) is 18.3. The van der Waals surface area contributed by atoms with Gasteiger partial charge in [-0.05, 0) is 48.5 Å². The van der Waals surface area contributed by atoms with Gasteiger partial charge in [0.15, 0.2) is 0 Å². The van der Waals surface area contributed by atoms with Gasteiger partial charge in [0.25, 0.3) is 23.3 Å². The van der Waals surface area contributed by atoms with Crippen LogP contribution in [0.15, 0.2) is 117 Å². The number of fused-ring (bicyclic) bond motifs is 12. The van der Waals surface area contributed by atoms with Crippen molar-refractivity contribution in [3.05, 3.63) is 130 Å². The van der Waals surface area contributed by atoms with Gasteiger partial charge in [0.1, 0.15) is 0 Å². The molecule has 1 spiro atoms. The van der Waals surface area contributed by atoms with Gasteiger partial charge in [-0.3, -0.25) is 0 Å². The number of amidine groups is 4. The number of aromatic nitrogens is 2. The number of alkyl halides is 4. The third-order valence-electron chi connectivity index (χ3n) is 9.38. The Balaban J connectivity index is 0.000000410. The molecule has 0 aliphatic carbocycles. The second-order valence-corrected chi connectivity index (χ2v) is 11.2. The van der Waals surface area contributed by atoms with Gasteiger partial charge >= 0.3 is 5.91 Å². The third kappa shape index (κ3) is 3.62. The molecule has 0 amide bonds. The smallest absolute Gasteiger partial charge is 0.192 e. The Morgan fingerprint density at radius 2 is 0.776 bits per heavy atom. The zero-order valence-corrected chi connectivity index (χ0v) is 29.9. The molecule has 0 N–H and O–H groups in total. The van der Waals surface area contributed by atoms with Crippen LogP contribution in [0.5, 0.6) is 0 Å². The van der Waals surface area contributed by atoms with Crippen LogP contribution in [0, 0.1) is 0 Å². The maximum Gasteiger partial charge on any atom is 0.404 e. The number of benzene rings is 4. The predicted molar refractivity (Wildman–Crippen MR) is 201 cm³/mol. The number of aliphatic imine (C=N–C) groups is 2. The summed E-state index contributed by atoms with van der Waals surface area (Å²) >= 11 is 18.6. The molecule has 49 heavy (non-hydrogen) atoms. The molecule has 0 fully saturated rings. The molecule has 0 saturated carbocycles. The average molecular weight is 726 g/mol. The Kier molecular flexibility index (Phi) is 7.61. The first-order chi connectivity index (χ1) is 24.4. The highest BCUT2D eigenvalue weighted by molar-refractivity contribution is 6.20. The molecule has 0 saturated heterocycles. The molecule has 8 nitrogen and oxygen atoms in total. The summed E-state index contributed by atoms with van der Waals surface area (Å²) in [5.74, 6) is 4.46. The maximum absolute atomic E-state index is 5.42. The minimum atomic E-state index is -0.923. The molecule has 0 atom stereocenters. The summed E-state index contributed by atoms with van der Waals surface area (Å²) < 4.78 is 9.32. The minimum absolute atomic E-state index is 0.898. The molecule has 8 heterocycles. The average Bonchev–Trinajstić information content (AvgIpc) is 3.91. The largest absolute Gasteiger partial charge is 0.404 e. The summed E-state index contributed by atoms with van der Waals surface area (Å²) in [6, 6.07) is 34.0. The van der Waals surface area contributed by atoms with E-state index in [1.54, 1.807) is 0 Å². The number of hydrogen-bond acceptors (Lipinski definition) is 4. The molecule has 6 aliphatic heterocycles. The first-order valence-electron chi connectivity index (χ1n) is 15.3. The number of nitrogens with zero attached hydrogens (tertiary/aromatic N) is 8. The Labute approximate surface area is 301 Å². The summed E-state index contributed by atoms with van der Waals surface area (Å²) in [4.78, 5) is 21.7. The monoisotopic (exact) mass is 724 g/mol. The highest BCUT2D eigenvalue weighted by atomic mass is 35.5. The molecule has 242 valence electrons. The van der Waals surface area contributed by atoms with Crippen LogP contribution in [0.2, 0.25) is 0 Å². The zero-order chi connectivity index (χ0) is 34.2. The van der Waals surface area contributed by atoms with Crippen LogP contribution in [-0.2, 0) is 5.91 Å². The van der Waals surface area contributed by atoms with Gasteiger partial charge in [-0.25, -0.2) is 0 Å². The van der Waals surface area contributed by atoms with Gasteiger partial charge in [0.05, 0.1) is 22.3 Å². The molecule has 6 aliphatic rings. The van der Waals surface area contributed by atoms with Crippen molar-refractivity contribution in [3.8, 4) is 0 Å². The SMILES string of the molecule is CCl.CCl.CCl.CCl.c1ccc2c(c1)C1=Nc3c4ccccc4c4n3C35n6c(c7ccccc7c6=NC6=[N+]3C(=N4)c3ccccc36)=NC2=[N+]15. The number of rotatable bonds is 0. The summed E-state index contributed by atoms with van der Waals surface area (Å²) in [6.45, 7) is 0. The van der Waals surface area contributed by atoms with Crippen LogP contribution in [0.3, 0.4) is 0 Å². The Morgan fingerprint density at radius 1 is 0.429 bits per heavy atom. The van der Waals surface area contributed by atoms with E-state index in [4.69, 9.17) is 20.0 Å². The van der Waals surface area contributed by atoms with Crippen molar-refractivity contribution < 1.29 is 9.15 Å². The maximum atomic E-state index is 5.42. The topological polar surface area (TPSA) is 65.3 Å². The fourth-order valence-corrected chi connectivity index (χ4v) is 7.88. The lowest BCUT2D eigenvalue weighted by molar-refractivity contribution is -0.790. The van der Waals surface area contributed by atoms with Crippen molar-refractivity contribution in [2.24, 2.45) is 20.0 Å². The number of halogens is 4. The molecule has 0 unspecified atom stereocenters. The van der Waals surface area contributed by atoms with Crippen molar-refractivity contribution in [1.29, 1.82) is 0 Å². The second-order valence-electron chi connectivity index (χ2n) is 11.2. The zero-order valence-electron chi connectivity index (χ0n) is 26.8. The van der Waals surface area contributed by atoms with Crippen molar-refractivity contribution in [3.63, 3.8) is 0 Å². The van der Waals surface area contributed by atoms with Crippen LogP contribution < -0.4 is 11.0 Å². The normalized spacial score (nSPS) is 15.9. The van der Waals surface area contributed by atoms with Gasteiger partial charge in [-0.15, -0.1) is 55.6 Å². The lowest BCUT2D eigenvalue weighted by Crippen LogP contribution is -2.71. The summed E-state index contributed by atoms with van der Waals surface area (Å²) in [5, 5.41) is 4.33. The highest BCUT2D eigenvalue weighted by Crippen LogP contribution is 2.52. The van der Waals surface area contributed by atoms with Crippen LogP contribution in [0.25, 0.3) is 21.5 Å². The van der Waals surface area contributed by atoms with Crippen LogP contribution >= 0.6 is 46.4 Å². The molecule has 6 aromatic rings. The lowest BCUT2D eigenvalue weighted by atomic mass is 10.1.